The molecule has 0 atom stereocenters. The fraction of sp³-hybridized carbons (Fsp3) is 0.400. The van der Waals surface area contributed by atoms with Crippen molar-refractivity contribution in [3.63, 3.8) is 0 Å². The normalized spacial score (nSPS) is 11.3. The summed E-state index contributed by atoms with van der Waals surface area (Å²) in [7, 11) is 3.39. The lowest BCUT2D eigenvalue weighted by Gasteiger charge is -2.24. The molecule has 0 saturated heterocycles. The molecule has 3 rings (SSSR count). The van der Waals surface area contributed by atoms with Gasteiger partial charge in [0.05, 0.1) is 18.6 Å². The summed E-state index contributed by atoms with van der Waals surface area (Å²) in [6.07, 6.45) is 0. The van der Waals surface area contributed by atoms with Gasteiger partial charge in [-0.05, 0) is 36.6 Å². The number of nitrogens with zero attached hydrogens (tertiary/aromatic N) is 3. The van der Waals surface area contributed by atoms with Gasteiger partial charge in [0.2, 0.25) is 5.28 Å². The Morgan fingerprint density at radius 3 is 2.37 bits per heavy atom. The molecule has 3 aromatic rings. The summed E-state index contributed by atoms with van der Waals surface area (Å²) in [5.74, 6) is 0.829. The van der Waals surface area contributed by atoms with Gasteiger partial charge in [-0.2, -0.15) is 4.98 Å². The van der Waals surface area contributed by atoms with E-state index in [9.17, 15) is 0 Å². The maximum absolute atomic E-state index is 6.24. The Hall–Kier alpha value is -1.73. The third-order valence-corrected chi connectivity index (χ3v) is 5.53. The second-order valence-corrected chi connectivity index (χ2v) is 7.63. The van der Waals surface area contributed by atoms with Crippen LogP contribution in [0.5, 0.6) is 0 Å². The number of anilines is 1. The predicted octanol–water partition coefficient (Wildman–Crippen LogP) is 4.73. The lowest BCUT2D eigenvalue weighted by molar-refractivity contribution is 0.190. The number of thiophene rings is 1. The molecule has 0 radical (unpaired) electrons. The Labute approximate surface area is 168 Å². The number of rotatable bonds is 8. The van der Waals surface area contributed by atoms with Gasteiger partial charge in [-0.3, -0.25) is 0 Å². The highest BCUT2D eigenvalue weighted by atomic mass is 35.5. The molecule has 0 unspecified atom stereocenters. The minimum Gasteiger partial charge on any atom is -0.383 e. The van der Waals surface area contributed by atoms with E-state index in [1.807, 2.05) is 0 Å². The van der Waals surface area contributed by atoms with Crippen molar-refractivity contribution in [3.05, 3.63) is 40.0 Å². The van der Waals surface area contributed by atoms with Crippen LogP contribution in [0.4, 0.5) is 5.82 Å². The van der Waals surface area contributed by atoms with Crippen LogP contribution in [0.2, 0.25) is 5.28 Å². The van der Waals surface area contributed by atoms with Crippen LogP contribution in [0.3, 0.4) is 0 Å². The fourth-order valence-electron chi connectivity index (χ4n) is 3.17. The number of hydrogen-bond donors (Lipinski definition) is 0. The Morgan fingerprint density at radius 1 is 1.04 bits per heavy atom. The third-order valence-electron chi connectivity index (χ3n) is 4.49. The van der Waals surface area contributed by atoms with Gasteiger partial charge in [-0.1, -0.05) is 23.8 Å². The van der Waals surface area contributed by atoms with Gasteiger partial charge in [0.1, 0.15) is 10.6 Å². The van der Waals surface area contributed by atoms with Crippen molar-refractivity contribution in [2.24, 2.45) is 0 Å². The van der Waals surface area contributed by atoms with Crippen LogP contribution in [0, 0.1) is 13.8 Å². The molecule has 5 nitrogen and oxygen atoms in total. The molecule has 0 aliphatic rings. The molecule has 0 aliphatic carbocycles. The topological polar surface area (TPSA) is 47.5 Å². The van der Waals surface area contributed by atoms with Gasteiger partial charge in [-0.15, -0.1) is 11.3 Å². The van der Waals surface area contributed by atoms with Crippen LogP contribution >= 0.6 is 22.9 Å². The molecule has 0 N–H and O–H groups in total. The Balaban J connectivity index is 2.17. The zero-order valence-corrected chi connectivity index (χ0v) is 17.7. The van der Waals surface area contributed by atoms with Crippen LogP contribution in [-0.2, 0) is 9.47 Å². The van der Waals surface area contributed by atoms with E-state index < -0.39 is 0 Å². The zero-order chi connectivity index (χ0) is 19.4. The number of aryl methyl sites for hydroxylation is 2. The van der Waals surface area contributed by atoms with E-state index >= 15 is 0 Å². The van der Waals surface area contributed by atoms with Gasteiger partial charge >= 0.3 is 0 Å². The SMILES string of the molecule is COCCN(CCOC)c1nc(Cl)nc2scc(-c3ccc(C)cc3C)c12. The summed E-state index contributed by atoms with van der Waals surface area (Å²) in [4.78, 5) is 12.1. The van der Waals surface area contributed by atoms with E-state index in [0.29, 0.717) is 26.3 Å². The van der Waals surface area contributed by atoms with Gasteiger partial charge in [0.25, 0.3) is 0 Å². The molecule has 2 heterocycles. The molecular formula is C20H24ClN3O2S. The first-order valence-electron chi connectivity index (χ1n) is 8.80. The molecule has 0 saturated carbocycles. The first-order valence-corrected chi connectivity index (χ1v) is 10.1. The molecule has 27 heavy (non-hydrogen) atoms. The number of benzene rings is 1. The van der Waals surface area contributed by atoms with Gasteiger partial charge in [-0.25, -0.2) is 4.98 Å². The number of halogens is 1. The average molecular weight is 406 g/mol. The van der Waals surface area contributed by atoms with E-state index in [0.717, 1.165) is 21.6 Å². The molecular weight excluding hydrogens is 382 g/mol. The molecule has 0 aliphatic heterocycles. The zero-order valence-electron chi connectivity index (χ0n) is 16.1. The quantitative estimate of drug-likeness (QED) is 0.507. The van der Waals surface area contributed by atoms with Crippen molar-refractivity contribution >= 4 is 39.0 Å². The monoisotopic (exact) mass is 405 g/mol. The van der Waals surface area contributed by atoms with Crippen molar-refractivity contribution in [1.82, 2.24) is 9.97 Å². The smallest absolute Gasteiger partial charge is 0.225 e. The van der Waals surface area contributed by atoms with Crippen molar-refractivity contribution in [2.45, 2.75) is 13.8 Å². The third kappa shape index (κ3) is 4.41. The first kappa shape index (κ1) is 20.0. The lowest BCUT2D eigenvalue weighted by Crippen LogP contribution is -2.31. The molecule has 0 fully saturated rings. The van der Waals surface area contributed by atoms with E-state index in [-0.39, 0.29) is 5.28 Å². The van der Waals surface area contributed by atoms with Gasteiger partial charge in [0, 0.05) is 38.3 Å². The highest BCUT2D eigenvalue weighted by Crippen LogP contribution is 2.40. The van der Waals surface area contributed by atoms with Gasteiger partial charge in [0.15, 0.2) is 0 Å². The summed E-state index contributed by atoms with van der Waals surface area (Å²) in [5, 5.41) is 3.43. The molecule has 1 aromatic carbocycles. The highest BCUT2D eigenvalue weighted by molar-refractivity contribution is 7.17. The summed E-state index contributed by atoms with van der Waals surface area (Å²) in [6, 6.07) is 6.50. The van der Waals surface area contributed by atoms with Crippen LogP contribution in [0.25, 0.3) is 21.3 Å². The van der Waals surface area contributed by atoms with E-state index in [1.165, 1.54) is 16.7 Å². The van der Waals surface area contributed by atoms with E-state index in [4.69, 9.17) is 21.1 Å². The van der Waals surface area contributed by atoms with E-state index in [2.05, 4.69) is 52.3 Å². The largest absolute Gasteiger partial charge is 0.383 e. The van der Waals surface area contributed by atoms with Crippen molar-refractivity contribution < 1.29 is 9.47 Å². The molecule has 0 bridgehead atoms. The van der Waals surface area contributed by atoms with E-state index in [1.54, 1.807) is 25.6 Å². The standard InChI is InChI=1S/C20H24ClN3O2S/c1-13-5-6-15(14(2)11-13)16-12-27-19-17(16)18(22-20(21)23-19)24(7-9-25-3)8-10-26-4/h5-6,11-12H,7-10H2,1-4H3. The minimum atomic E-state index is 0.256. The number of ether oxygens (including phenoxy) is 2. The number of methoxy groups -OCH3 is 2. The van der Waals surface area contributed by atoms with Crippen LogP contribution in [0.15, 0.2) is 23.6 Å². The minimum absolute atomic E-state index is 0.256. The molecule has 0 amide bonds. The second kappa shape index (κ2) is 8.97. The van der Waals surface area contributed by atoms with Crippen LogP contribution < -0.4 is 4.90 Å². The maximum atomic E-state index is 6.24. The maximum Gasteiger partial charge on any atom is 0.225 e. The van der Waals surface area contributed by atoms with Crippen molar-refractivity contribution in [3.8, 4) is 11.1 Å². The van der Waals surface area contributed by atoms with Gasteiger partial charge < -0.3 is 14.4 Å². The number of fused-ring (bicyclic) bond motifs is 1. The lowest BCUT2D eigenvalue weighted by atomic mass is 9.99. The summed E-state index contributed by atoms with van der Waals surface area (Å²) >= 11 is 7.83. The molecule has 0 spiro atoms. The summed E-state index contributed by atoms with van der Waals surface area (Å²) in [5.41, 5.74) is 4.81. The average Bonchev–Trinajstić information content (AvgIpc) is 3.05. The summed E-state index contributed by atoms with van der Waals surface area (Å²) in [6.45, 7) is 6.82. The molecule has 7 heteroatoms. The summed E-state index contributed by atoms with van der Waals surface area (Å²) < 4.78 is 10.6. The second-order valence-electron chi connectivity index (χ2n) is 6.44. The van der Waals surface area contributed by atoms with Crippen LogP contribution in [0.1, 0.15) is 11.1 Å². The Bertz CT molecular complexity index is 921. The van der Waals surface area contributed by atoms with Crippen molar-refractivity contribution in [1.29, 1.82) is 0 Å². The first-order chi connectivity index (χ1) is 13.0. The number of aromatic nitrogens is 2. The van der Waals surface area contributed by atoms with Crippen LogP contribution in [-0.4, -0.2) is 50.5 Å². The fourth-order valence-corrected chi connectivity index (χ4v) is 4.31. The molecule has 2 aromatic heterocycles. The number of hydrogen-bond acceptors (Lipinski definition) is 6. The molecule has 144 valence electrons. The van der Waals surface area contributed by atoms with Crippen molar-refractivity contribution in [2.75, 3.05) is 45.4 Å². The predicted molar refractivity (Wildman–Crippen MR) is 113 cm³/mol. The highest BCUT2D eigenvalue weighted by Gasteiger charge is 2.20. The Morgan fingerprint density at radius 2 is 1.74 bits per heavy atom. The Kier molecular flexibility index (Phi) is 6.65.